The molecule has 0 aliphatic rings. The fourth-order valence-electron chi connectivity index (χ4n) is 2.09. The lowest BCUT2D eigenvalue weighted by molar-refractivity contribution is 0.256. The molecular weight excluding hydrogens is 268 g/mol. The van der Waals surface area contributed by atoms with Crippen LogP contribution >= 0.6 is 0 Å². The maximum atomic E-state index is 11.9. The van der Waals surface area contributed by atoms with Crippen LogP contribution in [0.3, 0.4) is 0 Å². The van der Waals surface area contributed by atoms with Gasteiger partial charge in [0.05, 0.1) is 12.3 Å². The van der Waals surface area contributed by atoms with E-state index in [1.165, 1.54) is 0 Å². The predicted octanol–water partition coefficient (Wildman–Crippen LogP) is 2.49. The van der Waals surface area contributed by atoms with Crippen LogP contribution in [0, 0.1) is 5.41 Å². The molecule has 6 heteroatoms. The molecule has 0 saturated carbocycles. The van der Waals surface area contributed by atoms with Gasteiger partial charge in [-0.05, 0) is 31.4 Å². The second kappa shape index (κ2) is 8.14. The minimum absolute atomic E-state index is 0.0513. The van der Waals surface area contributed by atoms with Crippen molar-refractivity contribution in [2.75, 3.05) is 19.0 Å². The van der Waals surface area contributed by atoms with Gasteiger partial charge in [0.25, 0.3) is 0 Å². The van der Waals surface area contributed by atoms with E-state index in [4.69, 9.17) is 10.1 Å². The van der Waals surface area contributed by atoms with E-state index in [-0.39, 0.29) is 5.96 Å². The Hall–Kier alpha value is -2.24. The molecule has 0 atom stereocenters. The number of hydrogen-bond acceptors (Lipinski definition) is 3. The Bertz CT molecular complexity index is 515. The first-order chi connectivity index (χ1) is 10.1. The van der Waals surface area contributed by atoms with Crippen molar-refractivity contribution >= 4 is 17.7 Å². The maximum Gasteiger partial charge on any atom is 0.326 e. The topological polar surface area (TPSA) is 86.2 Å². The third-order valence-corrected chi connectivity index (χ3v) is 3.12. The molecule has 6 nitrogen and oxygen atoms in total. The highest BCUT2D eigenvalue weighted by Gasteiger charge is 2.15. The quantitative estimate of drug-likeness (QED) is 0.497. The number of anilines is 1. The highest BCUT2D eigenvalue weighted by molar-refractivity contribution is 6.02. The van der Waals surface area contributed by atoms with E-state index in [1.54, 1.807) is 7.05 Å². The summed E-state index contributed by atoms with van der Waals surface area (Å²) in [5.74, 6) is 0.737. The van der Waals surface area contributed by atoms with Gasteiger partial charge < -0.3 is 15.4 Å². The number of rotatable bonds is 5. The van der Waals surface area contributed by atoms with Gasteiger partial charge in [-0.25, -0.2) is 4.79 Å². The van der Waals surface area contributed by atoms with Gasteiger partial charge in [-0.15, -0.1) is 0 Å². The van der Waals surface area contributed by atoms with Gasteiger partial charge in [-0.3, -0.25) is 10.7 Å². The van der Waals surface area contributed by atoms with Crippen LogP contribution in [0.4, 0.5) is 10.5 Å². The SMILES string of the molecule is CCOc1ccc(CC)c(NC(=O)NC(=N)NC)c1CC. The molecule has 1 aromatic rings. The number of guanidine groups is 1. The van der Waals surface area contributed by atoms with Gasteiger partial charge >= 0.3 is 6.03 Å². The average molecular weight is 292 g/mol. The Morgan fingerprint density at radius 1 is 1.24 bits per heavy atom. The minimum Gasteiger partial charge on any atom is -0.494 e. The molecule has 1 aromatic carbocycles. The van der Waals surface area contributed by atoms with Gasteiger partial charge in [0, 0.05) is 12.6 Å². The van der Waals surface area contributed by atoms with E-state index in [2.05, 4.69) is 16.0 Å². The van der Waals surface area contributed by atoms with Crippen LogP contribution in [0.5, 0.6) is 5.75 Å². The van der Waals surface area contributed by atoms with Crippen molar-refractivity contribution in [2.24, 2.45) is 0 Å². The Labute approximate surface area is 125 Å². The fraction of sp³-hybridized carbons (Fsp3) is 0.467. The van der Waals surface area contributed by atoms with Gasteiger partial charge in [0.2, 0.25) is 0 Å². The summed E-state index contributed by atoms with van der Waals surface area (Å²) < 4.78 is 5.63. The number of benzene rings is 1. The normalized spacial score (nSPS) is 9.90. The first-order valence-electron chi connectivity index (χ1n) is 7.19. The second-order valence-electron chi connectivity index (χ2n) is 4.42. The number of ether oxygens (including phenoxy) is 1. The molecule has 0 bridgehead atoms. The van der Waals surface area contributed by atoms with Gasteiger partial charge in [0.1, 0.15) is 5.75 Å². The Morgan fingerprint density at radius 3 is 2.48 bits per heavy atom. The Kier molecular flexibility index (Phi) is 6.52. The molecule has 0 aliphatic heterocycles. The summed E-state index contributed by atoms with van der Waals surface area (Å²) in [6, 6.07) is 3.47. The summed E-state index contributed by atoms with van der Waals surface area (Å²) in [4.78, 5) is 11.9. The third-order valence-electron chi connectivity index (χ3n) is 3.12. The van der Waals surface area contributed by atoms with Crippen molar-refractivity contribution in [3.8, 4) is 5.75 Å². The van der Waals surface area contributed by atoms with Gasteiger partial charge in [-0.1, -0.05) is 19.9 Å². The number of hydrogen-bond donors (Lipinski definition) is 4. The predicted molar refractivity (Wildman–Crippen MR) is 85.3 cm³/mol. The number of amides is 2. The van der Waals surface area contributed by atoms with E-state index in [0.29, 0.717) is 6.61 Å². The van der Waals surface area contributed by atoms with Crippen LogP contribution in [0.1, 0.15) is 31.9 Å². The van der Waals surface area contributed by atoms with Crippen molar-refractivity contribution < 1.29 is 9.53 Å². The summed E-state index contributed by atoms with van der Waals surface area (Å²) in [6.45, 7) is 6.57. The summed E-state index contributed by atoms with van der Waals surface area (Å²) in [6.07, 6.45) is 1.56. The van der Waals surface area contributed by atoms with Crippen LogP contribution in [-0.4, -0.2) is 25.6 Å². The molecular formula is C15H24N4O2. The number of aryl methyl sites for hydroxylation is 1. The molecule has 1 rings (SSSR count). The Balaban J connectivity index is 3.09. The van der Waals surface area contributed by atoms with E-state index in [9.17, 15) is 4.79 Å². The van der Waals surface area contributed by atoms with Crippen molar-refractivity contribution in [3.63, 3.8) is 0 Å². The number of carbonyl (C=O) groups excluding carboxylic acids is 1. The van der Waals surface area contributed by atoms with Gasteiger partial charge in [-0.2, -0.15) is 0 Å². The van der Waals surface area contributed by atoms with Crippen molar-refractivity contribution in [2.45, 2.75) is 33.6 Å². The lowest BCUT2D eigenvalue weighted by atomic mass is 10.0. The first kappa shape index (κ1) is 16.8. The summed E-state index contributed by atoms with van der Waals surface area (Å²) in [5.41, 5.74) is 2.79. The van der Waals surface area contributed by atoms with Crippen LogP contribution in [0.25, 0.3) is 0 Å². The maximum absolute atomic E-state index is 11.9. The molecule has 4 N–H and O–H groups in total. The van der Waals surface area contributed by atoms with Crippen LogP contribution in [-0.2, 0) is 12.8 Å². The molecule has 0 saturated heterocycles. The van der Waals surface area contributed by atoms with Crippen LogP contribution in [0.2, 0.25) is 0 Å². The standard InChI is InChI=1S/C15H24N4O2/c1-5-10-8-9-12(21-7-3)11(6-2)13(10)18-15(20)19-14(16)17-4/h8-9H,5-7H2,1-4H3,(H4,16,17,18,19,20). The molecule has 21 heavy (non-hydrogen) atoms. The van der Waals surface area contributed by atoms with E-state index >= 15 is 0 Å². The third kappa shape index (κ3) is 4.37. The van der Waals surface area contributed by atoms with Crippen LogP contribution in [0.15, 0.2) is 12.1 Å². The highest BCUT2D eigenvalue weighted by Crippen LogP contribution is 2.31. The fourth-order valence-corrected chi connectivity index (χ4v) is 2.09. The average Bonchev–Trinajstić information content (AvgIpc) is 2.47. The Morgan fingerprint density at radius 2 is 1.95 bits per heavy atom. The second-order valence-corrected chi connectivity index (χ2v) is 4.42. The molecule has 0 aliphatic carbocycles. The first-order valence-corrected chi connectivity index (χ1v) is 7.19. The summed E-state index contributed by atoms with van der Waals surface area (Å²) in [5, 5.41) is 15.2. The molecule has 0 aromatic heterocycles. The molecule has 0 heterocycles. The molecule has 2 amide bonds. The molecule has 0 fully saturated rings. The van der Waals surface area contributed by atoms with E-state index in [1.807, 2.05) is 32.9 Å². The smallest absolute Gasteiger partial charge is 0.326 e. The van der Waals surface area contributed by atoms with Crippen LogP contribution < -0.4 is 20.7 Å². The van der Waals surface area contributed by atoms with E-state index < -0.39 is 6.03 Å². The van der Waals surface area contributed by atoms with Crippen molar-refractivity contribution in [1.29, 1.82) is 5.41 Å². The highest BCUT2D eigenvalue weighted by atomic mass is 16.5. The van der Waals surface area contributed by atoms with Crippen molar-refractivity contribution in [1.82, 2.24) is 10.6 Å². The molecule has 0 unspecified atom stereocenters. The monoisotopic (exact) mass is 292 g/mol. The minimum atomic E-state index is -0.438. The van der Waals surface area contributed by atoms with E-state index in [0.717, 1.165) is 35.4 Å². The zero-order valence-corrected chi connectivity index (χ0v) is 13.1. The molecule has 0 spiro atoms. The largest absolute Gasteiger partial charge is 0.494 e. The summed E-state index contributed by atoms with van der Waals surface area (Å²) >= 11 is 0. The number of nitrogens with one attached hydrogen (secondary N) is 4. The summed E-state index contributed by atoms with van der Waals surface area (Å²) in [7, 11) is 1.58. The van der Waals surface area contributed by atoms with Gasteiger partial charge in [0.15, 0.2) is 5.96 Å². The number of carbonyl (C=O) groups is 1. The lowest BCUT2D eigenvalue weighted by Gasteiger charge is -2.18. The van der Waals surface area contributed by atoms with Crippen molar-refractivity contribution in [3.05, 3.63) is 23.3 Å². The molecule has 116 valence electrons. The molecule has 0 radical (unpaired) electrons. The zero-order valence-electron chi connectivity index (χ0n) is 13.1. The number of urea groups is 1. The zero-order chi connectivity index (χ0) is 15.8. The lowest BCUT2D eigenvalue weighted by Crippen LogP contribution is -2.40.